The Kier molecular flexibility index (Phi) is 2.05. The van der Waals surface area contributed by atoms with Gasteiger partial charge in [-0.15, -0.1) is 0 Å². The van der Waals surface area contributed by atoms with Crippen molar-refractivity contribution in [2.45, 2.75) is 18.9 Å². The van der Waals surface area contributed by atoms with Gasteiger partial charge in [0.1, 0.15) is 0 Å². The first-order valence-electron chi connectivity index (χ1n) is 3.25. The molecule has 0 unspecified atom stereocenters. The van der Waals surface area contributed by atoms with Gasteiger partial charge in [0.25, 0.3) is 0 Å². The predicted molar refractivity (Wildman–Crippen MR) is 34.8 cm³/mol. The summed E-state index contributed by atoms with van der Waals surface area (Å²) in [6, 6.07) is 0.392. The zero-order valence-electron chi connectivity index (χ0n) is 5.34. The maximum absolute atomic E-state index is 9.79. The van der Waals surface area contributed by atoms with Gasteiger partial charge in [0, 0.05) is 12.6 Å². The monoisotopic (exact) mass is 128 g/mol. The van der Waals surface area contributed by atoms with Gasteiger partial charge in [0.2, 0.25) is 6.41 Å². The number of nitrogens with two attached hydrogens (primary N) is 1. The summed E-state index contributed by atoms with van der Waals surface area (Å²) in [6.07, 6.45) is 2.88. The first kappa shape index (κ1) is 6.55. The van der Waals surface area contributed by atoms with Crippen LogP contribution < -0.4 is 11.1 Å². The van der Waals surface area contributed by atoms with Gasteiger partial charge in [0.15, 0.2) is 0 Å². The van der Waals surface area contributed by atoms with Crippen LogP contribution in [-0.2, 0) is 4.79 Å². The van der Waals surface area contributed by atoms with E-state index >= 15 is 0 Å². The third-order valence-electron chi connectivity index (χ3n) is 1.76. The fraction of sp³-hybridized carbons (Fsp3) is 0.833. The molecule has 0 aromatic heterocycles. The van der Waals surface area contributed by atoms with Crippen molar-refractivity contribution < 1.29 is 4.79 Å². The molecule has 1 rings (SSSR count). The molecule has 0 saturated heterocycles. The molecule has 0 aliphatic heterocycles. The molecule has 52 valence electrons. The summed E-state index contributed by atoms with van der Waals surface area (Å²) >= 11 is 0. The van der Waals surface area contributed by atoms with Crippen molar-refractivity contribution >= 4 is 6.41 Å². The van der Waals surface area contributed by atoms with E-state index in [9.17, 15) is 4.79 Å². The topological polar surface area (TPSA) is 55.1 Å². The average Bonchev–Trinajstić information content (AvgIpc) is 1.78. The van der Waals surface area contributed by atoms with Crippen molar-refractivity contribution in [3.8, 4) is 0 Å². The molecule has 3 nitrogen and oxygen atoms in total. The van der Waals surface area contributed by atoms with E-state index < -0.39 is 0 Å². The normalized spacial score (nSPS) is 33.0. The molecule has 0 aromatic carbocycles. The quantitative estimate of drug-likeness (QED) is 0.502. The molecule has 1 aliphatic carbocycles. The van der Waals surface area contributed by atoms with Crippen LogP contribution in [0.1, 0.15) is 12.8 Å². The highest BCUT2D eigenvalue weighted by Crippen LogP contribution is 2.23. The van der Waals surface area contributed by atoms with E-state index in [0.29, 0.717) is 12.0 Å². The average molecular weight is 128 g/mol. The summed E-state index contributed by atoms with van der Waals surface area (Å²) in [5.74, 6) is 0.644. The molecule has 0 spiro atoms. The summed E-state index contributed by atoms with van der Waals surface area (Å²) in [7, 11) is 0. The first-order valence-corrected chi connectivity index (χ1v) is 3.25. The minimum atomic E-state index is 0.392. The molecule has 0 bridgehead atoms. The van der Waals surface area contributed by atoms with Crippen molar-refractivity contribution in [1.82, 2.24) is 5.32 Å². The van der Waals surface area contributed by atoms with E-state index in [1.54, 1.807) is 0 Å². The minimum Gasteiger partial charge on any atom is -0.358 e. The van der Waals surface area contributed by atoms with Gasteiger partial charge < -0.3 is 11.1 Å². The van der Waals surface area contributed by atoms with Crippen molar-refractivity contribution in [3.05, 3.63) is 0 Å². The van der Waals surface area contributed by atoms with Gasteiger partial charge in [-0.1, -0.05) is 0 Å². The molecular formula is C6H12N2O. The van der Waals surface area contributed by atoms with Gasteiger partial charge in [-0.2, -0.15) is 0 Å². The molecule has 1 amide bonds. The second-order valence-corrected chi connectivity index (χ2v) is 2.62. The third kappa shape index (κ3) is 1.68. The van der Waals surface area contributed by atoms with Gasteiger partial charge in [-0.3, -0.25) is 4.79 Å². The van der Waals surface area contributed by atoms with Crippen molar-refractivity contribution in [3.63, 3.8) is 0 Å². The zero-order chi connectivity index (χ0) is 6.69. The van der Waals surface area contributed by atoms with E-state index in [0.717, 1.165) is 25.8 Å². The summed E-state index contributed by atoms with van der Waals surface area (Å²) in [6.45, 7) is 0.803. The third-order valence-corrected chi connectivity index (χ3v) is 1.76. The molecular weight excluding hydrogens is 116 g/mol. The van der Waals surface area contributed by atoms with E-state index in [4.69, 9.17) is 5.73 Å². The predicted octanol–water partition coefficient (Wildman–Crippen LogP) is -0.530. The minimum absolute atomic E-state index is 0.392. The lowest BCUT2D eigenvalue weighted by atomic mass is 9.81. The van der Waals surface area contributed by atoms with Crippen molar-refractivity contribution in [2.75, 3.05) is 6.54 Å². The van der Waals surface area contributed by atoms with Crippen LogP contribution in [0.2, 0.25) is 0 Å². The largest absolute Gasteiger partial charge is 0.358 e. The Morgan fingerprint density at radius 3 is 2.78 bits per heavy atom. The van der Waals surface area contributed by atoms with Crippen LogP contribution in [0, 0.1) is 5.92 Å². The molecule has 0 heterocycles. The molecule has 3 heteroatoms. The number of rotatable bonds is 3. The van der Waals surface area contributed by atoms with Crippen LogP contribution in [0.5, 0.6) is 0 Å². The standard InChI is InChI=1S/C6H12N2O/c7-6-1-5(2-6)3-8-4-9/h4-6H,1-3,7H2,(H,8,9). The SMILES string of the molecule is NC1CC(CNC=O)C1. The maximum Gasteiger partial charge on any atom is 0.207 e. The van der Waals surface area contributed by atoms with E-state index in [-0.39, 0.29) is 0 Å². The lowest BCUT2D eigenvalue weighted by molar-refractivity contribution is -0.109. The highest BCUT2D eigenvalue weighted by atomic mass is 16.1. The number of carbonyl (C=O) groups is 1. The van der Waals surface area contributed by atoms with Crippen LogP contribution in [-0.4, -0.2) is 19.0 Å². The van der Waals surface area contributed by atoms with Crippen LogP contribution in [0.4, 0.5) is 0 Å². The molecule has 1 saturated carbocycles. The molecule has 0 aromatic rings. The van der Waals surface area contributed by atoms with Gasteiger partial charge >= 0.3 is 0 Å². The van der Waals surface area contributed by atoms with Crippen LogP contribution >= 0.6 is 0 Å². The Morgan fingerprint density at radius 1 is 1.67 bits per heavy atom. The Balaban J connectivity index is 1.97. The highest BCUT2D eigenvalue weighted by Gasteiger charge is 2.24. The van der Waals surface area contributed by atoms with E-state index in [1.807, 2.05) is 0 Å². The van der Waals surface area contributed by atoms with E-state index in [2.05, 4.69) is 5.32 Å². The number of carbonyl (C=O) groups excluding carboxylic acids is 1. The number of hydrogen-bond acceptors (Lipinski definition) is 2. The summed E-state index contributed by atoms with van der Waals surface area (Å²) in [4.78, 5) is 9.79. The lowest BCUT2D eigenvalue weighted by Gasteiger charge is -2.31. The van der Waals surface area contributed by atoms with Crippen LogP contribution in [0.25, 0.3) is 0 Å². The Bertz CT molecular complexity index is 99.2. The summed E-state index contributed by atoms with van der Waals surface area (Å²) in [5.41, 5.74) is 5.52. The maximum atomic E-state index is 9.79. The van der Waals surface area contributed by atoms with Crippen LogP contribution in [0.3, 0.4) is 0 Å². The first-order chi connectivity index (χ1) is 4.33. The molecule has 3 N–H and O–H groups in total. The van der Waals surface area contributed by atoms with Crippen molar-refractivity contribution in [1.29, 1.82) is 0 Å². The number of amides is 1. The molecule has 1 fully saturated rings. The fourth-order valence-electron chi connectivity index (χ4n) is 1.17. The Labute approximate surface area is 54.6 Å². The molecule has 9 heavy (non-hydrogen) atoms. The summed E-state index contributed by atoms with van der Waals surface area (Å²) < 4.78 is 0. The highest BCUT2D eigenvalue weighted by molar-refractivity contribution is 5.45. The zero-order valence-corrected chi connectivity index (χ0v) is 5.34. The van der Waals surface area contributed by atoms with Gasteiger partial charge in [0.05, 0.1) is 0 Å². The Morgan fingerprint density at radius 2 is 2.33 bits per heavy atom. The second kappa shape index (κ2) is 2.82. The number of nitrogens with one attached hydrogen (secondary N) is 1. The summed E-state index contributed by atoms with van der Waals surface area (Å²) in [5, 5.41) is 2.63. The lowest BCUT2D eigenvalue weighted by Crippen LogP contribution is -2.41. The number of hydrogen-bond donors (Lipinski definition) is 2. The van der Waals surface area contributed by atoms with Crippen molar-refractivity contribution in [2.24, 2.45) is 11.7 Å². The van der Waals surface area contributed by atoms with Gasteiger partial charge in [-0.25, -0.2) is 0 Å². The Hall–Kier alpha value is -0.570. The van der Waals surface area contributed by atoms with E-state index in [1.165, 1.54) is 0 Å². The molecule has 0 radical (unpaired) electrons. The second-order valence-electron chi connectivity index (χ2n) is 2.62. The fourth-order valence-corrected chi connectivity index (χ4v) is 1.17. The smallest absolute Gasteiger partial charge is 0.207 e. The van der Waals surface area contributed by atoms with Crippen LogP contribution in [0.15, 0.2) is 0 Å². The molecule has 1 aliphatic rings. The van der Waals surface area contributed by atoms with Gasteiger partial charge in [-0.05, 0) is 18.8 Å². The molecule has 0 atom stereocenters.